The van der Waals surface area contributed by atoms with Crippen LogP contribution in [0.4, 0.5) is 5.69 Å². The standard InChI is InChI=1S/C16H14N2O2S/c1-18(14-9-11-17-12-10-14)21(19,20)16-8-4-6-13-5-2-3-7-15(13)16/h2-12H,1H3. The fraction of sp³-hybridized carbons (Fsp3) is 0.0625. The second-order valence-electron chi connectivity index (χ2n) is 4.66. The smallest absolute Gasteiger partial charge is 0.264 e. The topological polar surface area (TPSA) is 50.3 Å². The molecular weight excluding hydrogens is 284 g/mol. The molecule has 1 aromatic heterocycles. The van der Waals surface area contributed by atoms with E-state index in [1.807, 2.05) is 30.3 Å². The maximum atomic E-state index is 12.9. The first-order valence-corrected chi connectivity index (χ1v) is 7.91. The molecule has 4 nitrogen and oxygen atoms in total. The zero-order chi connectivity index (χ0) is 14.9. The second kappa shape index (κ2) is 5.18. The molecule has 0 atom stereocenters. The molecule has 0 fully saturated rings. The molecule has 21 heavy (non-hydrogen) atoms. The van der Waals surface area contributed by atoms with Crippen LogP contribution in [0.1, 0.15) is 0 Å². The van der Waals surface area contributed by atoms with Crippen LogP contribution >= 0.6 is 0 Å². The van der Waals surface area contributed by atoms with Gasteiger partial charge in [0.25, 0.3) is 10.0 Å². The maximum Gasteiger partial charge on any atom is 0.264 e. The first-order valence-electron chi connectivity index (χ1n) is 6.47. The number of hydrogen-bond acceptors (Lipinski definition) is 3. The van der Waals surface area contributed by atoms with E-state index in [9.17, 15) is 8.42 Å². The lowest BCUT2D eigenvalue weighted by Gasteiger charge is -2.20. The Kier molecular flexibility index (Phi) is 3.35. The van der Waals surface area contributed by atoms with Crippen LogP contribution in [0.5, 0.6) is 0 Å². The van der Waals surface area contributed by atoms with Gasteiger partial charge in [-0.25, -0.2) is 8.42 Å². The zero-order valence-corrected chi connectivity index (χ0v) is 12.3. The van der Waals surface area contributed by atoms with Crippen molar-refractivity contribution < 1.29 is 8.42 Å². The second-order valence-corrected chi connectivity index (χ2v) is 6.59. The van der Waals surface area contributed by atoms with Crippen molar-refractivity contribution in [3.63, 3.8) is 0 Å². The predicted molar refractivity (Wildman–Crippen MR) is 83.8 cm³/mol. The van der Waals surface area contributed by atoms with Gasteiger partial charge in [-0.15, -0.1) is 0 Å². The van der Waals surface area contributed by atoms with Crippen LogP contribution in [0.3, 0.4) is 0 Å². The number of anilines is 1. The number of rotatable bonds is 3. The molecule has 0 radical (unpaired) electrons. The van der Waals surface area contributed by atoms with Gasteiger partial charge < -0.3 is 0 Å². The Bertz CT molecular complexity index is 872. The molecule has 0 aliphatic rings. The summed E-state index contributed by atoms with van der Waals surface area (Å²) in [5, 5.41) is 1.63. The number of hydrogen-bond donors (Lipinski definition) is 0. The van der Waals surface area contributed by atoms with Gasteiger partial charge in [0.1, 0.15) is 0 Å². The lowest BCUT2D eigenvalue weighted by molar-refractivity contribution is 0.595. The molecule has 2 aromatic carbocycles. The Morgan fingerprint density at radius 1 is 0.905 bits per heavy atom. The summed E-state index contributed by atoms with van der Waals surface area (Å²) in [5.74, 6) is 0. The van der Waals surface area contributed by atoms with E-state index in [2.05, 4.69) is 4.98 Å². The molecule has 0 amide bonds. The first kappa shape index (κ1) is 13.6. The van der Waals surface area contributed by atoms with Gasteiger partial charge in [0.15, 0.2) is 0 Å². The molecule has 0 N–H and O–H groups in total. The van der Waals surface area contributed by atoms with Crippen molar-refractivity contribution in [2.75, 3.05) is 11.4 Å². The van der Waals surface area contributed by atoms with E-state index in [0.717, 1.165) is 10.8 Å². The van der Waals surface area contributed by atoms with E-state index < -0.39 is 10.0 Å². The molecule has 106 valence electrons. The fourth-order valence-corrected chi connectivity index (χ4v) is 3.67. The highest BCUT2D eigenvalue weighted by Crippen LogP contribution is 2.27. The van der Waals surface area contributed by atoms with E-state index in [0.29, 0.717) is 10.6 Å². The number of pyridine rings is 1. The Balaban J connectivity index is 2.17. The SMILES string of the molecule is CN(c1ccncc1)S(=O)(=O)c1cccc2ccccc12. The van der Waals surface area contributed by atoms with Gasteiger partial charge in [-0.3, -0.25) is 9.29 Å². The Labute approximate surface area is 123 Å². The summed E-state index contributed by atoms with van der Waals surface area (Å²) >= 11 is 0. The molecule has 0 saturated heterocycles. The lowest BCUT2D eigenvalue weighted by atomic mass is 10.1. The molecule has 3 rings (SSSR count). The van der Waals surface area contributed by atoms with Crippen molar-refractivity contribution in [3.8, 4) is 0 Å². The number of nitrogens with zero attached hydrogens (tertiary/aromatic N) is 2. The summed E-state index contributed by atoms with van der Waals surface area (Å²) in [6, 6.07) is 16.1. The molecule has 5 heteroatoms. The number of sulfonamides is 1. The largest absolute Gasteiger partial charge is 0.269 e. The fourth-order valence-electron chi connectivity index (χ4n) is 2.26. The molecule has 0 aliphatic carbocycles. The molecule has 0 saturated carbocycles. The van der Waals surface area contributed by atoms with Crippen LogP contribution in [0.15, 0.2) is 71.9 Å². The highest BCUT2D eigenvalue weighted by Gasteiger charge is 2.23. The van der Waals surface area contributed by atoms with Gasteiger partial charge in [-0.2, -0.15) is 0 Å². The van der Waals surface area contributed by atoms with Crippen LogP contribution in [-0.2, 0) is 10.0 Å². The van der Waals surface area contributed by atoms with Crippen LogP contribution in [0, 0.1) is 0 Å². The lowest BCUT2D eigenvalue weighted by Crippen LogP contribution is -2.26. The summed E-state index contributed by atoms with van der Waals surface area (Å²) in [6.07, 6.45) is 3.15. The average Bonchev–Trinajstić information content (AvgIpc) is 2.54. The van der Waals surface area contributed by atoms with Crippen LogP contribution in [-0.4, -0.2) is 20.4 Å². The molecule has 0 spiro atoms. The van der Waals surface area contributed by atoms with Crippen molar-refractivity contribution in [1.82, 2.24) is 4.98 Å². The van der Waals surface area contributed by atoms with Crippen LogP contribution in [0.25, 0.3) is 10.8 Å². The van der Waals surface area contributed by atoms with Gasteiger partial charge >= 0.3 is 0 Å². The number of fused-ring (bicyclic) bond motifs is 1. The van der Waals surface area contributed by atoms with E-state index in [-0.39, 0.29) is 0 Å². The zero-order valence-electron chi connectivity index (χ0n) is 11.5. The van der Waals surface area contributed by atoms with Gasteiger partial charge in [0.05, 0.1) is 10.6 Å². The summed E-state index contributed by atoms with van der Waals surface area (Å²) in [7, 11) is -2.07. The highest BCUT2D eigenvalue weighted by atomic mass is 32.2. The van der Waals surface area contributed by atoms with Gasteiger partial charge in [-0.1, -0.05) is 36.4 Å². The normalized spacial score (nSPS) is 11.5. The van der Waals surface area contributed by atoms with Crippen molar-refractivity contribution in [2.45, 2.75) is 4.90 Å². The Morgan fingerprint density at radius 3 is 2.33 bits per heavy atom. The monoisotopic (exact) mass is 298 g/mol. The molecule has 0 bridgehead atoms. The molecule has 0 aliphatic heterocycles. The predicted octanol–water partition coefficient (Wildman–Crippen LogP) is 3.06. The van der Waals surface area contributed by atoms with Crippen molar-refractivity contribution >= 4 is 26.5 Å². The third-order valence-electron chi connectivity index (χ3n) is 3.41. The van der Waals surface area contributed by atoms with Crippen molar-refractivity contribution in [3.05, 3.63) is 67.0 Å². The van der Waals surface area contributed by atoms with E-state index >= 15 is 0 Å². The van der Waals surface area contributed by atoms with E-state index in [4.69, 9.17) is 0 Å². The van der Waals surface area contributed by atoms with Crippen molar-refractivity contribution in [1.29, 1.82) is 0 Å². The highest BCUT2D eigenvalue weighted by molar-refractivity contribution is 7.93. The minimum absolute atomic E-state index is 0.305. The minimum Gasteiger partial charge on any atom is -0.269 e. The van der Waals surface area contributed by atoms with E-state index in [1.165, 1.54) is 4.31 Å². The molecule has 3 aromatic rings. The molecule has 1 heterocycles. The molecular formula is C16H14N2O2S. The number of aromatic nitrogens is 1. The van der Waals surface area contributed by atoms with Crippen LogP contribution < -0.4 is 4.31 Å². The minimum atomic E-state index is -3.61. The Hall–Kier alpha value is -2.40. The third kappa shape index (κ3) is 2.36. The van der Waals surface area contributed by atoms with Gasteiger partial charge in [0, 0.05) is 24.8 Å². The van der Waals surface area contributed by atoms with E-state index in [1.54, 1.807) is 43.7 Å². The number of benzene rings is 2. The summed E-state index contributed by atoms with van der Waals surface area (Å²) in [4.78, 5) is 4.22. The third-order valence-corrected chi connectivity index (χ3v) is 5.26. The van der Waals surface area contributed by atoms with Gasteiger partial charge in [-0.05, 0) is 23.6 Å². The quantitative estimate of drug-likeness (QED) is 0.746. The first-order chi connectivity index (χ1) is 10.1. The summed E-state index contributed by atoms with van der Waals surface area (Å²) < 4.78 is 27.0. The Morgan fingerprint density at radius 2 is 1.57 bits per heavy atom. The average molecular weight is 298 g/mol. The van der Waals surface area contributed by atoms with Crippen LogP contribution in [0.2, 0.25) is 0 Å². The maximum absolute atomic E-state index is 12.9. The summed E-state index contributed by atoms with van der Waals surface area (Å²) in [6.45, 7) is 0. The molecule has 0 unspecified atom stereocenters. The van der Waals surface area contributed by atoms with Crippen molar-refractivity contribution in [2.24, 2.45) is 0 Å². The van der Waals surface area contributed by atoms with Gasteiger partial charge in [0.2, 0.25) is 0 Å². The summed E-state index contributed by atoms with van der Waals surface area (Å²) in [5.41, 5.74) is 0.581.